The van der Waals surface area contributed by atoms with Gasteiger partial charge >= 0.3 is 0 Å². The number of amidine groups is 2. The summed E-state index contributed by atoms with van der Waals surface area (Å²) in [5, 5.41) is 8.79. The van der Waals surface area contributed by atoms with E-state index in [0.29, 0.717) is 5.84 Å². The zero-order valence-electron chi connectivity index (χ0n) is 30.3. The second-order valence-corrected chi connectivity index (χ2v) is 15.2. The molecule has 0 amide bonds. The highest BCUT2D eigenvalue weighted by atomic mass is 32.1. The Morgan fingerprint density at radius 1 is 0.464 bits per heavy atom. The SMILES string of the molecule is c1ccc(C2=NC(c3ccccc3-c3ccc(-n4c5ccccc5c5cc(-c6cccc7c6sc6ccccc67)ccc54)cc3)NC(c3ccccc3)=N2)cc1. The second kappa shape index (κ2) is 13.3. The summed E-state index contributed by atoms with van der Waals surface area (Å²) in [7, 11) is 0. The van der Waals surface area contributed by atoms with E-state index in [1.807, 2.05) is 47.7 Å². The van der Waals surface area contributed by atoms with Gasteiger partial charge in [0, 0.05) is 53.3 Å². The average molecular weight is 735 g/mol. The van der Waals surface area contributed by atoms with Crippen molar-refractivity contribution in [1.29, 1.82) is 0 Å². The van der Waals surface area contributed by atoms with Gasteiger partial charge in [-0.3, -0.25) is 0 Å². The Bertz CT molecular complexity index is 3150. The number of hydrogen-bond acceptors (Lipinski definition) is 4. The molecule has 264 valence electrons. The molecule has 1 N–H and O–H groups in total. The molecule has 0 fully saturated rings. The third-order valence-electron chi connectivity index (χ3n) is 10.9. The first-order chi connectivity index (χ1) is 27.8. The summed E-state index contributed by atoms with van der Waals surface area (Å²) in [6.45, 7) is 0. The van der Waals surface area contributed by atoms with Gasteiger partial charge in [0.25, 0.3) is 0 Å². The summed E-state index contributed by atoms with van der Waals surface area (Å²) in [5.41, 5.74) is 11.4. The lowest BCUT2D eigenvalue weighted by Gasteiger charge is -2.25. The lowest BCUT2D eigenvalue weighted by molar-refractivity contribution is 0.676. The predicted molar refractivity (Wildman–Crippen MR) is 236 cm³/mol. The van der Waals surface area contributed by atoms with Crippen LogP contribution in [0.4, 0.5) is 0 Å². The minimum absolute atomic E-state index is 0.321. The molecule has 0 radical (unpaired) electrons. The van der Waals surface area contributed by atoms with Crippen molar-refractivity contribution in [1.82, 2.24) is 9.88 Å². The number of benzene rings is 8. The molecule has 3 heterocycles. The van der Waals surface area contributed by atoms with Crippen LogP contribution in [0.25, 0.3) is 69.9 Å². The normalized spacial score (nSPS) is 14.2. The molecule has 4 nitrogen and oxygen atoms in total. The van der Waals surface area contributed by atoms with E-state index < -0.39 is 0 Å². The Hall–Kier alpha value is -7.08. The van der Waals surface area contributed by atoms with E-state index in [9.17, 15) is 0 Å². The number of fused-ring (bicyclic) bond motifs is 6. The van der Waals surface area contributed by atoms with Gasteiger partial charge in [0.2, 0.25) is 0 Å². The van der Waals surface area contributed by atoms with Gasteiger partial charge in [0.05, 0.1) is 11.0 Å². The summed E-state index contributed by atoms with van der Waals surface area (Å²) in [4.78, 5) is 10.2. The molecular weight excluding hydrogens is 701 g/mol. The third-order valence-corrected chi connectivity index (χ3v) is 12.1. The highest BCUT2D eigenvalue weighted by Gasteiger charge is 2.23. The summed E-state index contributed by atoms with van der Waals surface area (Å²) in [6, 6.07) is 69.2. The molecule has 8 aromatic carbocycles. The van der Waals surface area contributed by atoms with Crippen LogP contribution in [0.2, 0.25) is 0 Å². The molecule has 56 heavy (non-hydrogen) atoms. The third kappa shape index (κ3) is 5.44. The number of rotatable bonds is 6. The standard InChI is InChI=1S/C51H34N4S/c1-3-14-34(15-4-1)49-52-50(35-16-5-2-6-17-35)54-51(53-49)43-21-8-7-18-38(43)33-26-29-37(30-27-33)55-45-24-11-9-19-40(45)44-32-36(28-31-46(44)55)39-22-13-23-42-41-20-10-12-25-47(41)56-48(39)42/h1-32,51H,(H,52,53,54). The van der Waals surface area contributed by atoms with Gasteiger partial charge in [-0.15, -0.1) is 11.3 Å². The van der Waals surface area contributed by atoms with Gasteiger partial charge in [-0.2, -0.15) is 0 Å². The predicted octanol–water partition coefficient (Wildman–Crippen LogP) is 13.0. The van der Waals surface area contributed by atoms with Crippen molar-refractivity contribution in [2.75, 3.05) is 0 Å². The molecule has 0 spiro atoms. The molecule has 5 heteroatoms. The smallest absolute Gasteiger partial charge is 0.159 e. The molecular formula is C51H34N4S. The fourth-order valence-corrected chi connectivity index (χ4v) is 9.49. The zero-order valence-corrected chi connectivity index (χ0v) is 31.1. The minimum atomic E-state index is -0.321. The first-order valence-electron chi connectivity index (χ1n) is 18.9. The van der Waals surface area contributed by atoms with Crippen LogP contribution >= 0.6 is 11.3 Å². The van der Waals surface area contributed by atoms with Crippen LogP contribution in [0.5, 0.6) is 0 Å². The van der Waals surface area contributed by atoms with Gasteiger partial charge in [-0.1, -0.05) is 158 Å². The summed E-state index contributed by atoms with van der Waals surface area (Å²) < 4.78 is 5.05. The molecule has 11 rings (SSSR count). The van der Waals surface area contributed by atoms with Crippen molar-refractivity contribution in [2.45, 2.75) is 6.17 Å². The highest BCUT2D eigenvalue weighted by molar-refractivity contribution is 7.26. The highest BCUT2D eigenvalue weighted by Crippen LogP contribution is 2.42. The molecule has 0 bridgehead atoms. The molecule has 1 aliphatic rings. The molecule has 2 aromatic heterocycles. The van der Waals surface area contributed by atoms with Gasteiger partial charge in [-0.05, 0) is 58.7 Å². The average Bonchev–Trinajstić information content (AvgIpc) is 3.83. The zero-order chi connectivity index (χ0) is 37.0. The number of para-hydroxylation sites is 1. The van der Waals surface area contributed by atoms with Crippen LogP contribution in [0.1, 0.15) is 22.9 Å². The quantitative estimate of drug-likeness (QED) is 0.182. The molecule has 1 aliphatic heterocycles. The van der Waals surface area contributed by atoms with E-state index in [1.165, 1.54) is 53.1 Å². The van der Waals surface area contributed by atoms with Crippen LogP contribution in [0, 0.1) is 0 Å². The van der Waals surface area contributed by atoms with E-state index >= 15 is 0 Å². The number of nitrogens with one attached hydrogen (secondary N) is 1. The molecule has 0 aliphatic carbocycles. The van der Waals surface area contributed by atoms with Gasteiger partial charge in [0.1, 0.15) is 12.0 Å². The van der Waals surface area contributed by atoms with Crippen molar-refractivity contribution >= 4 is 65.0 Å². The maximum absolute atomic E-state index is 5.18. The van der Waals surface area contributed by atoms with Crippen LogP contribution in [0.15, 0.2) is 204 Å². The van der Waals surface area contributed by atoms with Crippen molar-refractivity contribution in [3.05, 3.63) is 211 Å². The first kappa shape index (κ1) is 32.4. The summed E-state index contributed by atoms with van der Waals surface area (Å²) in [6.07, 6.45) is -0.321. The second-order valence-electron chi connectivity index (χ2n) is 14.2. The Balaban J connectivity index is 0.986. The Morgan fingerprint density at radius 3 is 1.95 bits per heavy atom. The van der Waals surface area contributed by atoms with Crippen LogP contribution < -0.4 is 5.32 Å². The van der Waals surface area contributed by atoms with Crippen molar-refractivity contribution < 1.29 is 0 Å². The van der Waals surface area contributed by atoms with Crippen LogP contribution in [0.3, 0.4) is 0 Å². The monoisotopic (exact) mass is 734 g/mol. The number of aliphatic imine (C=N–C) groups is 2. The number of aromatic nitrogens is 1. The topological polar surface area (TPSA) is 41.7 Å². The van der Waals surface area contributed by atoms with E-state index in [-0.39, 0.29) is 6.17 Å². The van der Waals surface area contributed by atoms with Crippen molar-refractivity contribution in [3.8, 4) is 27.9 Å². The van der Waals surface area contributed by atoms with Crippen molar-refractivity contribution in [3.63, 3.8) is 0 Å². The van der Waals surface area contributed by atoms with Crippen molar-refractivity contribution in [2.24, 2.45) is 9.98 Å². The number of hydrogen-bond donors (Lipinski definition) is 1. The van der Waals surface area contributed by atoms with E-state index in [0.717, 1.165) is 39.3 Å². The maximum Gasteiger partial charge on any atom is 0.159 e. The molecule has 1 unspecified atom stereocenters. The maximum atomic E-state index is 5.18. The Kier molecular flexibility index (Phi) is 7.71. The van der Waals surface area contributed by atoms with Gasteiger partial charge in [-0.25, -0.2) is 9.98 Å². The van der Waals surface area contributed by atoms with Gasteiger partial charge in [0.15, 0.2) is 5.84 Å². The summed E-state index contributed by atoms with van der Waals surface area (Å²) >= 11 is 1.88. The molecule has 0 saturated carbocycles. The van der Waals surface area contributed by atoms with Crippen LogP contribution in [-0.2, 0) is 0 Å². The number of thiophene rings is 1. The number of nitrogens with zero attached hydrogens (tertiary/aromatic N) is 3. The summed E-state index contributed by atoms with van der Waals surface area (Å²) in [5.74, 6) is 1.53. The first-order valence-corrected chi connectivity index (χ1v) is 19.8. The largest absolute Gasteiger partial charge is 0.344 e. The Labute approximate surface area is 328 Å². The fourth-order valence-electron chi connectivity index (χ4n) is 8.25. The minimum Gasteiger partial charge on any atom is -0.344 e. The van der Waals surface area contributed by atoms with E-state index in [2.05, 4.69) is 168 Å². The molecule has 10 aromatic rings. The molecule has 0 saturated heterocycles. The molecule has 1 atom stereocenters. The van der Waals surface area contributed by atoms with Crippen LogP contribution in [-0.4, -0.2) is 16.2 Å². The van der Waals surface area contributed by atoms with E-state index in [4.69, 9.17) is 9.98 Å². The lowest BCUT2D eigenvalue weighted by atomic mass is 9.97. The van der Waals surface area contributed by atoms with Gasteiger partial charge < -0.3 is 9.88 Å². The Morgan fingerprint density at radius 2 is 1.11 bits per heavy atom. The fraction of sp³-hybridized carbons (Fsp3) is 0.0196. The van der Waals surface area contributed by atoms with E-state index in [1.54, 1.807) is 0 Å². The lowest BCUT2D eigenvalue weighted by Crippen LogP contribution is -2.33.